The number of hydrogen-bond donors (Lipinski definition) is 3. The van der Waals surface area contributed by atoms with Crippen molar-refractivity contribution < 1.29 is 37.1 Å². The summed E-state index contributed by atoms with van der Waals surface area (Å²) in [4.78, 5) is 41.6. The van der Waals surface area contributed by atoms with Gasteiger partial charge in [0.15, 0.2) is 0 Å². The summed E-state index contributed by atoms with van der Waals surface area (Å²) in [7, 11) is 0. The third-order valence-electron chi connectivity index (χ3n) is 5.73. The highest BCUT2D eigenvalue weighted by Crippen LogP contribution is 2.29. The molecule has 1 aliphatic heterocycles. The number of aliphatic carboxylic acids is 1. The predicted octanol–water partition coefficient (Wildman–Crippen LogP) is 4.05. The van der Waals surface area contributed by atoms with Gasteiger partial charge in [-0.3, -0.25) is 14.4 Å². The molecule has 2 aromatic rings. The van der Waals surface area contributed by atoms with Crippen LogP contribution in [0.4, 0.5) is 23.2 Å². The molecular formula is C24H23F4N3O4. The summed E-state index contributed by atoms with van der Waals surface area (Å²) in [5, 5.41) is 14.2. The maximum absolute atomic E-state index is 14.0. The summed E-state index contributed by atoms with van der Waals surface area (Å²) in [5.74, 6) is -6.87. The number of nitrogens with one attached hydrogen (secondary N) is 2. The van der Waals surface area contributed by atoms with Crippen molar-refractivity contribution in [1.29, 1.82) is 0 Å². The normalized spacial score (nSPS) is 17.4. The SMILES string of the molecule is Cc1cccc2c1NC(=O)C(NC(=O)[C@H](CCC(F)(F)F)[C@H](C)C(=O)O)N=C2c1cccc(F)c1. The van der Waals surface area contributed by atoms with Crippen LogP contribution in [0.3, 0.4) is 0 Å². The number of carboxylic acid groups (broad SMARTS) is 1. The molecule has 3 rings (SSSR count). The topological polar surface area (TPSA) is 108 Å². The highest BCUT2D eigenvalue weighted by molar-refractivity contribution is 6.20. The molecule has 0 saturated heterocycles. The van der Waals surface area contributed by atoms with Crippen LogP contribution in [0, 0.1) is 24.6 Å². The van der Waals surface area contributed by atoms with Gasteiger partial charge in [-0.05, 0) is 31.0 Å². The number of carboxylic acids is 1. The minimum atomic E-state index is -4.60. The van der Waals surface area contributed by atoms with Crippen LogP contribution >= 0.6 is 0 Å². The van der Waals surface area contributed by atoms with E-state index in [1.165, 1.54) is 18.2 Å². The molecule has 2 amide bonds. The van der Waals surface area contributed by atoms with Gasteiger partial charge in [0.25, 0.3) is 5.91 Å². The number of para-hydroxylation sites is 1. The molecule has 11 heteroatoms. The Morgan fingerprint density at radius 2 is 1.89 bits per heavy atom. The first-order chi connectivity index (χ1) is 16.4. The number of carbonyl (C=O) groups excluding carboxylic acids is 2. The fourth-order valence-corrected chi connectivity index (χ4v) is 3.78. The molecule has 0 saturated carbocycles. The lowest BCUT2D eigenvalue weighted by atomic mass is 9.88. The number of aryl methyl sites for hydroxylation is 1. The van der Waals surface area contributed by atoms with Crippen LogP contribution in [0.2, 0.25) is 0 Å². The molecule has 3 N–H and O–H groups in total. The molecule has 3 atom stereocenters. The highest BCUT2D eigenvalue weighted by Gasteiger charge is 2.37. The molecule has 2 aromatic carbocycles. The van der Waals surface area contributed by atoms with E-state index in [1.807, 2.05) is 0 Å². The number of carbonyl (C=O) groups is 3. The lowest BCUT2D eigenvalue weighted by Gasteiger charge is -2.23. The third-order valence-corrected chi connectivity index (χ3v) is 5.73. The van der Waals surface area contributed by atoms with Crippen molar-refractivity contribution in [3.8, 4) is 0 Å². The molecule has 1 unspecified atom stereocenters. The molecule has 0 bridgehead atoms. The Bertz CT molecular complexity index is 1180. The summed E-state index contributed by atoms with van der Waals surface area (Å²) >= 11 is 0. The van der Waals surface area contributed by atoms with Crippen molar-refractivity contribution in [3.05, 3.63) is 65.0 Å². The van der Waals surface area contributed by atoms with E-state index in [1.54, 1.807) is 31.2 Å². The zero-order valence-corrected chi connectivity index (χ0v) is 18.8. The van der Waals surface area contributed by atoms with E-state index in [2.05, 4.69) is 15.6 Å². The van der Waals surface area contributed by atoms with Crippen LogP contribution in [0.25, 0.3) is 0 Å². The molecule has 0 radical (unpaired) electrons. The first-order valence-corrected chi connectivity index (χ1v) is 10.7. The minimum absolute atomic E-state index is 0.171. The van der Waals surface area contributed by atoms with Gasteiger partial charge in [-0.25, -0.2) is 9.38 Å². The molecule has 35 heavy (non-hydrogen) atoms. The van der Waals surface area contributed by atoms with E-state index < -0.39 is 60.6 Å². The fourth-order valence-electron chi connectivity index (χ4n) is 3.78. The molecule has 1 aliphatic rings. The molecule has 0 aliphatic carbocycles. The van der Waals surface area contributed by atoms with E-state index in [-0.39, 0.29) is 5.71 Å². The van der Waals surface area contributed by atoms with Crippen LogP contribution in [0.1, 0.15) is 36.5 Å². The molecular weight excluding hydrogens is 470 g/mol. The second-order valence-electron chi connectivity index (χ2n) is 8.27. The number of rotatable bonds is 7. The Morgan fingerprint density at radius 3 is 2.51 bits per heavy atom. The van der Waals surface area contributed by atoms with Crippen LogP contribution < -0.4 is 10.6 Å². The summed E-state index contributed by atoms with van der Waals surface area (Å²) in [6.45, 7) is 2.85. The molecule has 0 fully saturated rings. The molecule has 1 heterocycles. The van der Waals surface area contributed by atoms with Crippen LogP contribution in [-0.2, 0) is 14.4 Å². The lowest BCUT2D eigenvalue weighted by molar-refractivity contribution is -0.152. The molecule has 7 nitrogen and oxygen atoms in total. The van der Waals surface area contributed by atoms with Gasteiger partial charge in [0.05, 0.1) is 23.2 Å². The van der Waals surface area contributed by atoms with Crippen molar-refractivity contribution in [1.82, 2.24) is 5.32 Å². The zero-order chi connectivity index (χ0) is 25.9. The monoisotopic (exact) mass is 493 g/mol. The second-order valence-corrected chi connectivity index (χ2v) is 8.27. The van der Waals surface area contributed by atoms with Crippen molar-refractivity contribution in [2.45, 2.75) is 39.0 Å². The minimum Gasteiger partial charge on any atom is -0.481 e. The number of hydrogen-bond acceptors (Lipinski definition) is 4. The Balaban J connectivity index is 2.00. The first kappa shape index (κ1) is 25.9. The largest absolute Gasteiger partial charge is 0.481 e. The van der Waals surface area contributed by atoms with Gasteiger partial charge < -0.3 is 15.7 Å². The number of alkyl halides is 3. The van der Waals surface area contributed by atoms with E-state index in [0.717, 1.165) is 6.92 Å². The average Bonchev–Trinajstić information content (AvgIpc) is 2.90. The molecule has 0 spiro atoms. The number of aliphatic imine (C=N–C) groups is 1. The number of benzodiazepines with no additional fused rings is 1. The maximum Gasteiger partial charge on any atom is 0.389 e. The van der Waals surface area contributed by atoms with Crippen molar-refractivity contribution in [3.63, 3.8) is 0 Å². The quantitative estimate of drug-likeness (QED) is 0.506. The second kappa shape index (κ2) is 10.2. The summed E-state index contributed by atoms with van der Waals surface area (Å²) in [6.07, 6.45) is -8.35. The summed E-state index contributed by atoms with van der Waals surface area (Å²) < 4.78 is 52.3. The Morgan fingerprint density at radius 1 is 1.20 bits per heavy atom. The highest BCUT2D eigenvalue weighted by atomic mass is 19.4. The number of anilines is 1. The van der Waals surface area contributed by atoms with Gasteiger partial charge in [-0.15, -0.1) is 0 Å². The zero-order valence-electron chi connectivity index (χ0n) is 18.8. The van der Waals surface area contributed by atoms with E-state index in [9.17, 15) is 37.1 Å². The van der Waals surface area contributed by atoms with Crippen molar-refractivity contribution >= 4 is 29.2 Å². The van der Waals surface area contributed by atoms with Gasteiger partial charge in [-0.1, -0.05) is 37.3 Å². The summed E-state index contributed by atoms with van der Waals surface area (Å²) in [5.41, 5.74) is 1.97. The van der Waals surface area contributed by atoms with Gasteiger partial charge in [-0.2, -0.15) is 13.2 Å². The number of fused-ring (bicyclic) bond motifs is 1. The van der Waals surface area contributed by atoms with Gasteiger partial charge >= 0.3 is 12.1 Å². The number of halogens is 4. The Kier molecular flexibility index (Phi) is 7.57. The third kappa shape index (κ3) is 6.23. The maximum atomic E-state index is 14.0. The Hall–Kier alpha value is -3.76. The fraction of sp³-hybridized carbons (Fsp3) is 0.333. The number of amides is 2. The predicted molar refractivity (Wildman–Crippen MR) is 119 cm³/mol. The smallest absolute Gasteiger partial charge is 0.389 e. The molecule has 186 valence electrons. The average molecular weight is 493 g/mol. The lowest BCUT2D eigenvalue weighted by Crippen LogP contribution is -2.47. The first-order valence-electron chi connectivity index (χ1n) is 10.7. The Labute approximate surface area is 198 Å². The van der Waals surface area contributed by atoms with Gasteiger partial charge in [0, 0.05) is 17.5 Å². The van der Waals surface area contributed by atoms with Crippen LogP contribution in [0.5, 0.6) is 0 Å². The van der Waals surface area contributed by atoms with E-state index in [4.69, 9.17) is 0 Å². The summed E-state index contributed by atoms with van der Waals surface area (Å²) in [6, 6.07) is 10.5. The van der Waals surface area contributed by atoms with E-state index >= 15 is 0 Å². The number of benzene rings is 2. The van der Waals surface area contributed by atoms with Crippen LogP contribution in [-0.4, -0.2) is 40.9 Å². The number of nitrogens with zero attached hydrogens (tertiary/aromatic N) is 1. The standard InChI is InChI=1S/C24H23F4N3O4/c1-12-5-3-8-17-18(12)30-22(33)20(29-19(17)14-6-4-7-15(25)11-14)31-21(32)16(13(2)23(34)35)9-10-24(26,27)28/h3-8,11,13,16,20H,9-10H2,1-2H3,(H,30,33)(H,31,32)(H,34,35)/t13-,16+,20?/m0/s1. The van der Waals surface area contributed by atoms with Crippen molar-refractivity contribution in [2.75, 3.05) is 5.32 Å². The van der Waals surface area contributed by atoms with Crippen LogP contribution in [0.15, 0.2) is 47.5 Å². The van der Waals surface area contributed by atoms with E-state index in [0.29, 0.717) is 22.4 Å². The van der Waals surface area contributed by atoms with Gasteiger partial charge in [0.2, 0.25) is 12.1 Å². The van der Waals surface area contributed by atoms with Gasteiger partial charge in [0.1, 0.15) is 5.82 Å². The molecule has 0 aromatic heterocycles. The van der Waals surface area contributed by atoms with Crippen molar-refractivity contribution in [2.24, 2.45) is 16.8 Å².